The van der Waals surface area contributed by atoms with Gasteiger partial charge in [0.2, 0.25) is 0 Å². The zero-order valence-corrected chi connectivity index (χ0v) is 14.9. The van der Waals surface area contributed by atoms with Gasteiger partial charge in [0, 0.05) is 4.83 Å². The second-order valence-corrected chi connectivity index (χ2v) is 7.40. The van der Waals surface area contributed by atoms with E-state index in [1.54, 1.807) is 0 Å². The first-order valence-electron chi connectivity index (χ1n) is 8.44. The highest BCUT2D eigenvalue weighted by atomic mass is 79.9. The summed E-state index contributed by atoms with van der Waals surface area (Å²) in [5.41, 5.74) is 1.49. The third kappa shape index (κ3) is 7.47. The summed E-state index contributed by atoms with van der Waals surface area (Å²) in [6, 6.07) is 11.0. The Bertz CT molecular complexity index is 318. The van der Waals surface area contributed by atoms with E-state index in [1.165, 1.54) is 63.4 Å². The summed E-state index contributed by atoms with van der Waals surface area (Å²) in [7, 11) is 0. The Balaban J connectivity index is 2.18. The van der Waals surface area contributed by atoms with E-state index in [2.05, 4.69) is 60.1 Å². The minimum atomic E-state index is 0.564. The van der Waals surface area contributed by atoms with Crippen molar-refractivity contribution in [3.8, 4) is 0 Å². The van der Waals surface area contributed by atoms with Gasteiger partial charge in [-0.3, -0.25) is 0 Å². The summed E-state index contributed by atoms with van der Waals surface area (Å²) in [5.74, 6) is 0.663. The molecule has 0 amide bonds. The largest absolute Gasteiger partial charge is 0.0887 e. The molecule has 0 N–H and O–H groups in total. The van der Waals surface area contributed by atoms with Crippen LogP contribution in [0.1, 0.15) is 83.1 Å². The number of alkyl halides is 1. The molecule has 2 atom stereocenters. The lowest BCUT2D eigenvalue weighted by atomic mass is 9.90. The zero-order chi connectivity index (χ0) is 14.6. The number of benzene rings is 1. The first-order chi connectivity index (χ1) is 9.75. The van der Waals surface area contributed by atoms with Crippen LogP contribution in [0.2, 0.25) is 0 Å². The van der Waals surface area contributed by atoms with Gasteiger partial charge >= 0.3 is 0 Å². The van der Waals surface area contributed by atoms with Crippen LogP contribution in [0, 0.1) is 0 Å². The minimum Gasteiger partial charge on any atom is -0.0887 e. The van der Waals surface area contributed by atoms with Gasteiger partial charge in [0.1, 0.15) is 0 Å². The van der Waals surface area contributed by atoms with Crippen LogP contribution < -0.4 is 0 Å². The smallest absolute Gasteiger partial charge is 0.0186 e. The predicted molar refractivity (Wildman–Crippen MR) is 94.8 cm³/mol. The fraction of sp³-hybridized carbons (Fsp3) is 0.684. The number of halogens is 1. The van der Waals surface area contributed by atoms with Crippen LogP contribution >= 0.6 is 15.9 Å². The molecule has 0 saturated carbocycles. The first kappa shape index (κ1) is 17.8. The fourth-order valence-electron chi connectivity index (χ4n) is 2.86. The molecule has 0 fully saturated rings. The molecule has 1 heteroatoms. The van der Waals surface area contributed by atoms with Gasteiger partial charge in [-0.25, -0.2) is 0 Å². The Labute approximate surface area is 134 Å². The molecule has 1 aromatic carbocycles. The van der Waals surface area contributed by atoms with Crippen molar-refractivity contribution in [2.45, 2.75) is 82.4 Å². The third-order valence-corrected chi connectivity index (χ3v) is 4.79. The lowest BCUT2D eigenvalue weighted by Crippen LogP contribution is -2.08. The Kier molecular flexibility index (Phi) is 10.1. The molecule has 0 aromatic heterocycles. The molecular formula is C19H31Br. The monoisotopic (exact) mass is 338 g/mol. The lowest BCUT2D eigenvalue weighted by Gasteiger charge is -2.20. The van der Waals surface area contributed by atoms with Crippen molar-refractivity contribution < 1.29 is 0 Å². The van der Waals surface area contributed by atoms with Crippen molar-refractivity contribution in [2.24, 2.45) is 0 Å². The molecule has 0 nitrogen and oxygen atoms in total. The molecule has 1 aromatic rings. The van der Waals surface area contributed by atoms with Crippen molar-refractivity contribution in [1.82, 2.24) is 0 Å². The van der Waals surface area contributed by atoms with E-state index in [0.29, 0.717) is 10.7 Å². The number of unbranched alkanes of at least 4 members (excludes halogenated alkanes) is 7. The topological polar surface area (TPSA) is 0 Å². The molecule has 0 aliphatic rings. The maximum absolute atomic E-state index is 3.79. The molecule has 2 unspecified atom stereocenters. The van der Waals surface area contributed by atoms with Gasteiger partial charge in [0.15, 0.2) is 0 Å². The first-order valence-corrected chi connectivity index (χ1v) is 9.36. The Morgan fingerprint density at radius 1 is 0.850 bits per heavy atom. The highest BCUT2D eigenvalue weighted by Crippen LogP contribution is 2.30. The van der Waals surface area contributed by atoms with E-state index >= 15 is 0 Å². The Morgan fingerprint density at radius 3 is 1.95 bits per heavy atom. The second kappa shape index (κ2) is 11.4. The Morgan fingerprint density at radius 2 is 1.40 bits per heavy atom. The van der Waals surface area contributed by atoms with E-state index < -0.39 is 0 Å². The molecule has 20 heavy (non-hydrogen) atoms. The lowest BCUT2D eigenvalue weighted by molar-refractivity contribution is 0.529. The third-order valence-electron chi connectivity index (χ3n) is 4.15. The summed E-state index contributed by atoms with van der Waals surface area (Å²) in [6.07, 6.45) is 12.6. The number of hydrogen-bond acceptors (Lipinski definition) is 0. The van der Waals surface area contributed by atoms with Crippen molar-refractivity contribution >= 4 is 15.9 Å². The van der Waals surface area contributed by atoms with E-state index in [0.717, 1.165) is 0 Å². The maximum atomic E-state index is 3.79. The molecule has 0 aliphatic carbocycles. The second-order valence-electron chi connectivity index (χ2n) is 5.96. The molecule has 0 aliphatic heterocycles. The van der Waals surface area contributed by atoms with Crippen LogP contribution in [0.3, 0.4) is 0 Å². The zero-order valence-electron chi connectivity index (χ0n) is 13.3. The van der Waals surface area contributed by atoms with Crippen molar-refractivity contribution in [3.05, 3.63) is 35.9 Å². The van der Waals surface area contributed by atoms with E-state index in [9.17, 15) is 0 Å². The average Bonchev–Trinajstić information content (AvgIpc) is 2.46. The predicted octanol–water partition coefficient (Wildman–Crippen LogP) is 7.08. The Hall–Kier alpha value is -0.300. The summed E-state index contributed by atoms with van der Waals surface area (Å²) in [6.45, 7) is 4.56. The highest BCUT2D eigenvalue weighted by Gasteiger charge is 2.16. The minimum absolute atomic E-state index is 0.564. The molecule has 1 rings (SSSR count). The van der Waals surface area contributed by atoms with Gasteiger partial charge < -0.3 is 0 Å². The van der Waals surface area contributed by atoms with Gasteiger partial charge in [0.25, 0.3) is 0 Å². The van der Waals surface area contributed by atoms with Crippen molar-refractivity contribution in [2.75, 3.05) is 0 Å². The van der Waals surface area contributed by atoms with Crippen LogP contribution in [-0.2, 0) is 0 Å². The fourth-order valence-corrected chi connectivity index (χ4v) is 3.43. The summed E-state index contributed by atoms with van der Waals surface area (Å²) in [4.78, 5) is 0.564. The average molecular weight is 339 g/mol. The number of rotatable bonds is 11. The highest BCUT2D eigenvalue weighted by molar-refractivity contribution is 9.09. The SMILES string of the molecule is CCCCCCCCCCC(c1ccccc1)C(C)Br. The normalized spacial score (nSPS) is 14.2. The van der Waals surface area contributed by atoms with Gasteiger partial charge in [-0.15, -0.1) is 0 Å². The van der Waals surface area contributed by atoms with Crippen LogP contribution in [0.15, 0.2) is 30.3 Å². The quantitative estimate of drug-likeness (QED) is 0.298. The van der Waals surface area contributed by atoms with E-state index in [1.807, 2.05) is 0 Å². The van der Waals surface area contributed by atoms with Crippen LogP contribution in [-0.4, -0.2) is 4.83 Å². The molecule has 0 spiro atoms. The van der Waals surface area contributed by atoms with Gasteiger partial charge in [-0.1, -0.05) is 111 Å². The van der Waals surface area contributed by atoms with Crippen LogP contribution in [0.25, 0.3) is 0 Å². The summed E-state index contributed by atoms with van der Waals surface area (Å²) >= 11 is 3.79. The molecule has 0 radical (unpaired) electrons. The maximum Gasteiger partial charge on any atom is 0.0186 e. The van der Waals surface area contributed by atoms with E-state index in [4.69, 9.17) is 0 Å². The molecule has 0 saturated heterocycles. The molecule has 0 heterocycles. The van der Waals surface area contributed by atoms with Crippen molar-refractivity contribution in [3.63, 3.8) is 0 Å². The number of hydrogen-bond donors (Lipinski definition) is 0. The molecule has 114 valence electrons. The van der Waals surface area contributed by atoms with E-state index in [-0.39, 0.29) is 0 Å². The molecule has 0 bridgehead atoms. The van der Waals surface area contributed by atoms with Gasteiger partial charge in [-0.05, 0) is 17.9 Å². The molecular weight excluding hydrogens is 308 g/mol. The summed E-state index contributed by atoms with van der Waals surface area (Å²) < 4.78 is 0. The van der Waals surface area contributed by atoms with Crippen LogP contribution in [0.4, 0.5) is 0 Å². The summed E-state index contributed by atoms with van der Waals surface area (Å²) in [5, 5.41) is 0. The standard InChI is InChI=1S/C19H31Br/c1-3-4-5-6-7-8-9-13-16-19(17(2)20)18-14-11-10-12-15-18/h10-12,14-15,17,19H,3-9,13,16H2,1-2H3. The van der Waals surface area contributed by atoms with Crippen LogP contribution in [0.5, 0.6) is 0 Å². The van der Waals surface area contributed by atoms with Gasteiger partial charge in [0.05, 0.1) is 0 Å². The van der Waals surface area contributed by atoms with Gasteiger partial charge in [-0.2, -0.15) is 0 Å². The van der Waals surface area contributed by atoms with Crippen molar-refractivity contribution in [1.29, 1.82) is 0 Å².